The van der Waals surface area contributed by atoms with Gasteiger partial charge in [-0.15, -0.1) is 0 Å². The van der Waals surface area contributed by atoms with Crippen molar-refractivity contribution in [2.45, 2.75) is 50.0 Å². The fraction of sp³-hybridized carbons (Fsp3) is 0.786. The largest absolute Gasteiger partial charge is 0.337 e. The van der Waals surface area contributed by atoms with Gasteiger partial charge in [0, 0.05) is 32.7 Å². The number of hydrogen-bond acceptors (Lipinski definition) is 5. The second kappa shape index (κ2) is 5.26. The normalized spacial score (nSPS) is 23.8. The molecule has 8 heteroatoms. The molecule has 3 rings (SSSR count). The molecule has 1 aliphatic heterocycles. The average Bonchev–Trinajstić information content (AvgIpc) is 2.94. The molecule has 0 aromatic carbocycles. The Hall–Kier alpha value is -1.57. The molecule has 1 amide bonds. The second-order valence-electron chi connectivity index (χ2n) is 6.28. The van der Waals surface area contributed by atoms with Crippen LogP contribution in [0.15, 0.2) is 4.52 Å². The Morgan fingerprint density at radius 1 is 1.36 bits per heavy atom. The lowest BCUT2D eigenvalue weighted by Crippen LogP contribution is -2.52. The van der Waals surface area contributed by atoms with E-state index in [2.05, 4.69) is 15.5 Å². The minimum absolute atomic E-state index is 0.0863. The van der Waals surface area contributed by atoms with Crippen LogP contribution in [-0.2, 0) is 10.3 Å². The van der Waals surface area contributed by atoms with Crippen molar-refractivity contribution in [3.8, 4) is 0 Å². The molecule has 2 aliphatic rings. The van der Waals surface area contributed by atoms with E-state index in [4.69, 9.17) is 4.52 Å². The molecular weight excluding hydrogens is 294 g/mol. The first-order valence-corrected chi connectivity index (χ1v) is 7.51. The zero-order valence-electron chi connectivity index (χ0n) is 12.7. The number of amides is 1. The number of nitrogens with one attached hydrogen (secondary N) is 1. The molecule has 0 spiro atoms. The van der Waals surface area contributed by atoms with Gasteiger partial charge >= 0.3 is 0 Å². The van der Waals surface area contributed by atoms with E-state index >= 15 is 0 Å². The van der Waals surface area contributed by atoms with Crippen LogP contribution >= 0.6 is 0 Å². The van der Waals surface area contributed by atoms with Crippen LogP contribution in [0.1, 0.15) is 50.2 Å². The number of alkyl halides is 2. The minimum Gasteiger partial charge on any atom is -0.337 e. The molecular formula is C14H20F2N4O2. The highest BCUT2D eigenvalue weighted by atomic mass is 19.3. The first kappa shape index (κ1) is 15.3. The summed E-state index contributed by atoms with van der Waals surface area (Å²) in [5.74, 6) is -2.37. The van der Waals surface area contributed by atoms with Crippen molar-refractivity contribution in [1.29, 1.82) is 0 Å². The number of halogens is 2. The van der Waals surface area contributed by atoms with Gasteiger partial charge in [0.2, 0.25) is 11.8 Å². The molecule has 6 nitrogen and oxygen atoms in total. The summed E-state index contributed by atoms with van der Waals surface area (Å²) in [7, 11) is 1.72. The summed E-state index contributed by atoms with van der Waals surface area (Å²) in [6.07, 6.45) is 0.850. The Morgan fingerprint density at radius 2 is 2.00 bits per heavy atom. The summed E-state index contributed by atoms with van der Waals surface area (Å²) in [4.78, 5) is 17.8. The van der Waals surface area contributed by atoms with Gasteiger partial charge < -0.3 is 14.7 Å². The predicted octanol–water partition coefficient (Wildman–Crippen LogP) is 1.64. The number of aromatic nitrogens is 2. The predicted molar refractivity (Wildman–Crippen MR) is 73.4 cm³/mol. The molecule has 2 fully saturated rings. The number of nitrogens with zero attached hydrogens (tertiary/aromatic N) is 3. The topological polar surface area (TPSA) is 71.3 Å². The highest BCUT2D eigenvalue weighted by Crippen LogP contribution is 2.48. The molecule has 0 radical (unpaired) electrons. The summed E-state index contributed by atoms with van der Waals surface area (Å²) in [5.41, 5.74) is -0.644. The van der Waals surface area contributed by atoms with Crippen LogP contribution in [0.4, 0.5) is 8.78 Å². The van der Waals surface area contributed by atoms with Gasteiger partial charge in [-0.05, 0) is 25.9 Å². The smallest absolute Gasteiger partial charge is 0.252 e. The molecule has 122 valence electrons. The average molecular weight is 314 g/mol. The fourth-order valence-electron chi connectivity index (χ4n) is 3.27. The van der Waals surface area contributed by atoms with E-state index in [1.165, 1.54) is 6.92 Å². The van der Waals surface area contributed by atoms with Gasteiger partial charge in [0.1, 0.15) is 5.54 Å². The number of piperidine rings is 1. The standard InChI is InChI=1S/C14H20F2N4O2/c1-9(21)20(2)13(3-5-17-6-4-13)12-18-11(19-22-12)10-7-14(15,16)8-10/h10,17H,3-8H2,1-2H3. The number of hydrogen-bond donors (Lipinski definition) is 1. The highest BCUT2D eigenvalue weighted by Gasteiger charge is 2.49. The van der Waals surface area contributed by atoms with Crippen molar-refractivity contribution in [2.75, 3.05) is 20.1 Å². The van der Waals surface area contributed by atoms with Crippen molar-refractivity contribution >= 4 is 5.91 Å². The van der Waals surface area contributed by atoms with Gasteiger partial charge in [-0.25, -0.2) is 8.78 Å². The van der Waals surface area contributed by atoms with Crippen LogP contribution in [0, 0.1) is 0 Å². The highest BCUT2D eigenvalue weighted by molar-refractivity contribution is 5.74. The number of rotatable bonds is 3. The van der Waals surface area contributed by atoms with Gasteiger partial charge in [0.05, 0.1) is 0 Å². The molecule has 0 bridgehead atoms. The molecule has 0 unspecified atom stereocenters. The van der Waals surface area contributed by atoms with E-state index in [0.717, 1.165) is 13.1 Å². The molecule has 0 atom stereocenters. The van der Waals surface area contributed by atoms with Gasteiger partial charge in [-0.3, -0.25) is 4.79 Å². The lowest BCUT2D eigenvalue weighted by Gasteiger charge is -2.41. The molecule has 2 heterocycles. The van der Waals surface area contributed by atoms with Crippen molar-refractivity contribution in [1.82, 2.24) is 20.4 Å². The molecule has 1 aliphatic carbocycles. The Labute approximate surface area is 127 Å². The monoisotopic (exact) mass is 314 g/mol. The SMILES string of the molecule is CC(=O)N(C)C1(c2nc(C3CC(F)(F)C3)no2)CCNCC1. The van der Waals surface area contributed by atoms with E-state index < -0.39 is 11.5 Å². The molecule has 1 aromatic heterocycles. The Kier molecular flexibility index (Phi) is 3.66. The van der Waals surface area contributed by atoms with E-state index in [0.29, 0.717) is 24.6 Å². The Morgan fingerprint density at radius 3 is 2.55 bits per heavy atom. The third kappa shape index (κ3) is 2.49. The first-order valence-electron chi connectivity index (χ1n) is 7.51. The Bertz CT molecular complexity index is 561. The van der Waals surface area contributed by atoms with Crippen molar-refractivity contribution in [3.05, 3.63) is 11.7 Å². The fourth-order valence-corrected chi connectivity index (χ4v) is 3.27. The van der Waals surface area contributed by atoms with Crippen molar-refractivity contribution < 1.29 is 18.1 Å². The van der Waals surface area contributed by atoms with E-state index in [1.54, 1.807) is 11.9 Å². The Balaban J connectivity index is 1.86. The van der Waals surface area contributed by atoms with Crippen molar-refractivity contribution in [3.63, 3.8) is 0 Å². The van der Waals surface area contributed by atoms with E-state index in [9.17, 15) is 13.6 Å². The first-order chi connectivity index (χ1) is 10.3. The maximum atomic E-state index is 13.0. The van der Waals surface area contributed by atoms with Crippen LogP contribution in [-0.4, -0.2) is 47.0 Å². The van der Waals surface area contributed by atoms with Crippen LogP contribution in [0.5, 0.6) is 0 Å². The summed E-state index contributed by atoms with van der Waals surface area (Å²) in [6, 6.07) is 0. The van der Waals surface area contributed by atoms with Crippen LogP contribution in [0.25, 0.3) is 0 Å². The van der Waals surface area contributed by atoms with Crippen molar-refractivity contribution in [2.24, 2.45) is 0 Å². The zero-order valence-corrected chi connectivity index (χ0v) is 12.7. The molecule has 1 aromatic rings. The van der Waals surface area contributed by atoms with Crippen LogP contribution < -0.4 is 5.32 Å². The zero-order chi connectivity index (χ0) is 16.0. The second-order valence-corrected chi connectivity index (χ2v) is 6.28. The van der Waals surface area contributed by atoms with Crippen LogP contribution in [0.3, 0.4) is 0 Å². The molecule has 1 saturated heterocycles. The third-order valence-electron chi connectivity index (χ3n) is 4.84. The number of carbonyl (C=O) groups is 1. The van der Waals surface area contributed by atoms with Gasteiger partial charge in [0.25, 0.3) is 5.89 Å². The molecule has 22 heavy (non-hydrogen) atoms. The van der Waals surface area contributed by atoms with Gasteiger partial charge in [-0.1, -0.05) is 5.16 Å². The lowest BCUT2D eigenvalue weighted by molar-refractivity contribution is -0.136. The lowest BCUT2D eigenvalue weighted by atomic mass is 9.81. The quantitative estimate of drug-likeness (QED) is 0.918. The van der Waals surface area contributed by atoms with Gasteiger partial charge in [-0.2, -0.15) is 4.98 Å². The maximum absolute atomic E-state index is 13.0. The summed E-state index contributed by atoms with van der Waals surface area (Å²) < 4.78 is 31.4. The minimum atomic E-state index is -2.62. The third-order valence-corrected chi connectivity index (χ3v) is 4.84. The maximum Gasteiger partial charge on any atom is 0.252 e. The summed E-state index contributed by atoms with van der Waals surface area (Å²) >= 11 is 0. The van der Waals surface area contributed by atoms with Crippen LogP contribution in [0.2, 0.25) is 0 Å². The number of carbonyl (C=O) groups excluding carboxylic acids is 1. The van der Waals surface area contributed by atoms with E-state index in [-0.39, 0.29) is 24.7 Å². The van der Waals surface area contributed by atoms with E-state index in [1.807, 2.05) is 0 Å². The molecule has 1 N–H and O–H groups in total. The summed E-state index contributed by atoms with van der Waals surface area (Å²) in [6.45, 7) is 2.96. The summed E-state index contributed by atoms with van der Waals surface area (Å²) in [5, 5.41) is 7.13. The van der Waals surface area contributed by atoms with Gasteiger partial charge in [0.15, 0.2) is 5.82 Å². The molecule has 1 saturated carbocycles.